The largest absolute Gasteiger partial charge is 0.282 e. The van der Waals surface area contributed by atoms with Gasteiger partial charge in [0.25, 0.3) is 15.2 Å². The average molecular weight is 228 g/mol. The second-order valence-corrected chi connectivity index (χ2v) is 5.79. The van der Waals surface area contributed by atoms with Crippen LogP contribution >= 0.6 is 0 Å². The monoisotopic (exact) mass is 228 g/mol. The van der Waals surface area contributed by atoms with Gasteiger partial charge in [0, 0.05) is 5.92 Å². The van der Waals surface area contributed by atoms with Crippen molar-refractivity contribution < 1.29 is 8.42 Å². The summed E-state index contributed by atoms with van der Waals surface area (Å²) in [6.07, 6.45) is 3.73. The lowest BCUT2D eigenvalue weighted by Gasteiger charge is -1.96. The van der Waals surface area contributed by atoms with Crippen molar-refractivity contribution in [2.75, 3.05) is 0 Å². The van der Waals surface area contributed by atoms with Gasteiger partial charge in [-0.25, -0.2) is 18.5 Å². The van der Waals surface area contributed by atoms with Crippen LogP contribution in [0.15, 0.2) is 5.16 Å². The van der Waals surface area contributed by atoms with Gasteiger partial charge in [-0.05, 0) is 24.7 Å². The number of nitrogens with one attached hydrogen (secondary N) is 1. The molecular formula is C8H12N4O2S. The molecule has 0 spiro atoms. The van der Waals surface area contributed by atoms with Crippen LogP contribution in [0.25, 0.3) is 0 Å². The summed E-state index contributed by atoms with van der Waals surface area (Å²) in [5.41, 5.74) is 0. The van der Waals surface area contributed by atoms with Crippen LogP contribution < -0.4 is 5.14 Å². The van der Waals surface area contributed by atoms with E-state index in [9.17, 15) is 8.42 Å². The van der Waals surface area contributed by atoms with Crippen LogP contribution in [0.2, 0.25) is 0 Å². The number of hydrogen-bond donors (Lipinski definition) is 2. The second kappa shape index (κ2) is 2.79. The van der Waals surface area contributed by atoms with E-state index in [2.05, 4.69) is 15.2 Å². The van der Waals surface area contributed by atoms with Crippen molar-refractivity contribution in [1.82, 2.24) is 15.2 Å². The minimum atomic E-state index is -3.76. The van der Waals surface area contributed by atoms with Crippen molar-refractivity contribution in [3.63, 3.8) is 0 Å². The van der Waals surface area contributed by atoms with E-state index < -0.39 is 10.0 Å². The van der Waals surface area contributed by atoms with Gasteiger partial charge in [-0.15, -0.1) is 5.10 Å². The van der Waals surface area contributed by atoms with Gasteiger partial charge < -0.3 is 0 Å². The molecule has 0 bridgehead atoms. The molecule has 2 saturated carbocycles. The van der Waals surface area contributed by atoms with E-state index in [-0.39, 0.29) is 5.16 Å². The molecule has 0 radical (unpaired) electrons. The van der Waals surface area contributed by atoms with Gasteiger partial charge in [0.05, 0.1) is 0 Å². The van der Waals surface area contributed by atoms with Crippen LogP contribution in [0.5, 0.6) is 0 Å². The number of fused-ring (bicyclic) bond motifs is 1. The smallest absolute Gasteiger partial charge is 0.262 e. The van der Waals surface area contributed by atoms with Crippen LogP contribution in [-0.4, -0.2) is 23.6 Å². The molecule has 0 aliphatic heterocycles. The fraction of sp³-hybridized carbons (Fsp3) is 0.750. The van der Waals surface area contributed by atoms with E-state index >= 15 is 0 Å². The van der Waals surface area contributed by atoms with Crippen molar-refractivity contribution >= 4 is 10.0 Å². The van der Waals surface area contributed by atoms with E-state index in [1.807, 2.05) is 0 Å². The number of primary sulfonamides is 1. The van der Waals surface area contributed by atoms with Gasteiger partial charge in [-0.2, -0.15) is 0 Å². The van der Waals surface area contributed by atoms with E-state index in [1.54, 1.807) is 0 Å². The summed E-state index contributed by atoms with van der Waals surface area (Å²) in [5.74, 6) is 2.45. The maximum Gasteiger partial charge on any atom is 0.282 e. The fourth-order valence-corrected chi connectivity index (χ4v) is 3.16. The Bertz CT molecular complexity index is 484. The Hall–Kier alpha value is -0.950. The first kappa shape index (κ1) is 9.29. The van der Waals surface area contributed by atoms with E-state index in [1.165, 1.54) is 19.3 Å². The number of rotatable bonds is 2. The topological polar surface area (TPSA) is 102 Å². The standard InChI is InChI=1S/C8H12N4O2S/c9-15(13,14)8-10-7(11-12-8)6-4-2-1-3-5(4)6/h4-6H,1-3H2,(H2,9,13,14)(H,10,11,12). The molecule has 2 atom stereocenters. The number of aromatic amines is 1. The maximum absolute atomic E-state index is 11.0. The van der Waals surface area contributed by atoms with E-state index in [0.29, 0.717) is 23.6 Å². The van der Waals surface area contributed by atoms with E-state index in [0.717, 1.165) is 0 Å². The van der Waals surface area contributed by atoms with E-state index in [4.69, 9.17) is 5.14 Å². The highest BCUT2D eigenvalue weighted by atomic mass is 32.2. The Morgan fingerprint density at radius 1 is 1.33 bits per heavy atom. The van der Waals surface area contributed by atoms with Crippen LogP contribution in [0.1, 0.15) is 31.0 Å². The Labute approximate surface area is 87.3 Å². The zero-order chi connectivity index (χ0) is 10.6. The highest BCUT2D eigenvalue weighted by Crippen LogP contribution is 2.62. The van der Waals surface area contributed by atoms with Gasteiger partial charge in [-0.3, -0.25) is 5.10 Å². The molecule has 7 heteroatoms. The molecule has 3 N–H and O–H groups in total. The summed E-state index contributed by atoms with van der Waals surface area (Å²) in [6.45, 7) is 0. The van der Waals surface area contributed by atoms with Crippen LogP contribution in [0.4, 0.5) is 0 Å². The lowest BCUT2D eigenvalue weighted by Crippen LogP contribution is -2.14. The molecule has 1 heterocycles. The number of hydrogen-bond acceptors (Lipinski definition) is 4. The predicted octanol–water partition coefficient (Wildman–Crippen LogP) is -0.0344. The van der Waals surface area contributed by atoms with Gasteiger partial charge in [0.1, 0.15) is 5.82 Å². The molecule has 2 unspecified atom stereocenters. The molecule has 6 nitrogen and oxygen atoms in total. The molecule has 2 fully saturated rings. The first-order valence-electron chi connectivity index (χ1n) is 5.02. The second-order valence-electron chi connectivity index (χ2n) is 4.33. The summed E-state index contributed by atoms with van der Waals surface area (Å²) >= 11 is 0. The van der Waals surface area contributed by atoms with Crippen LogP contribution in [0, 0.1) is 11.8 Å². The molecule has 2 aliphatic rings. The molecule has 82 valence electrons. The minimum absolute atomic E-state index is 0.289. The molecular weight excluding hydrogens is 216 g/mol. The van der Waals surface area contributed by atoms with Crippen molar-refractivity contribution in [2.45, 2.75) is 30.3 Å². The zero-order valence-corrected chi connectivity index (χ0v) is 8.87. The molecule has 0 amide bonds. The van der Waals surface area contributed by atoms with Crippen molar-refractivity contribution in [1.29, 1.82) is 0 Å². The SMILES string of the molecule is NS(=O)(=O)c1n[nH]c(C2C3CCCC32)n1. The van der Waals surface area contributed by atoms with Crippen molar-refractivity contribution in [3.8, 4) is 0 Å². The van der Waals surface area contributed by atoms with Gasteiger partial charge in [-0.1, -0.05) is 6.42 Å². The average Bonchev–Trinajstić information content (AvgIpc) is 2.60. The molecule has 1 aromatic heterocycles. The summed E-state index contributed by atoms with van der Waals surface area (Å²) in [5, 5.41) is 11.0. The lowest BCUT2D eigenvalue weighted by atomic mass is 10.1. The molecule has 3 rings (SSSR count). The number of nitrogens with two attached hydrogens (primary N) is 1. The molecule has 2 aliphatic carbocycles. The number of sulfonamides is 1. The molecule has 0 saturated heterocycles. The third-order valence-electron chi connectivity index (χ3n) is 3.46. The number of nitrogens with zero attached hydrogens (tertiary/aromatic N) is 2. The molecule has 0 aromatic carbocycles. The third kappa shape index (κ3) is 1.37. The number of aromatic nitrogens is 3. The van der Waals surface area contributed by atoms with Gasteiger partial charge >= 0.3 is 0 Å². The Kier molecular flexibility index (Phi) is 1.73. The van der Waals surface area contributed by atoms with Crippen LogP contribution in [-0.2, 0) is 10.0 Å². The maximum atomic E-state index is 11.0. The van der Waals surface area contributed by atoms with Gasteiger partial charge in [0.15, 0.2) is 0 Å². The quantitative estimate of drug-likeness (QED) is 0.741. The minimum Gasteiger partial charge on any atom is -0.262 e. The Morgan fingerprint density at radius 2 is 2.00 bits per heavy atom. The number of H-pyrrole nitrogens is 1. The highest BCUT2D eigenvalue weighted by Gasteiger charge is 2.55. The fourth-order valence-electron chi connectivity index (χ4n) is 2.76. The van der Waals surface area contributed by atoms with Crippen molar-refractivity contribution in [3.05, 3.63) is 5.82 Å². The lowest BCUT2D eigenvalue weighted by molar-refractivity contribution is 0.589. The van der Waals surface area contributed by atoms with Gasteiger partial charge in [0.2, 0.25) is 0 Å². The Balaban J connectivity index is 1.87. The van der Waals surface area contributed by atoms with Crippen LogP contribution in [0.3, 0.4) is 0 Å². The predicted molar refractivity (Wildman–Crippen MR) is 51.3 cm³/mol. The normalized spacial score (nSPS) is 34.1. The summed E-state index contributed by atoms with van der Waals surface area (Å²) < 4.78 is 21.9. The first-order valence-corrected chi connectivity index (χ1v) is 6.57. The summed E-state index contributed by atoms with van der Waals surface area (Å²) in [4.78, 5) is 3.95. The Morgan fingerprint density at radius 3 is 2.53 bits per heavy atom. The molecule has 15 heavy (non-hydrogen) atoms. The zero-order valence-electron chi connectivity index (χ0n) is 8.05. The highest BCUT2D eigenvalue weighted by molar-refractivity contribution is 7.89. The summed E-state index contributed by atoms with van der Waals surface area (Å²) in [6, 6.07) is 0. The molecule has 1 aromatic rings. The summed E-state index contributed by atoms with van der Waals surface area (Å²) in [7, 11) is -3.76. The third-order valence-corrected chi connectivity index (χ3v) is 4.15. The first-order chi connectivity index (χ1) is 7.07. The van der Waals surface area contributed by atoms with Crippen molar-refractivity contribution in [2.24, 2.45) is 17.0 Å².